The number of nitrogens with zero attached hydrogens (tertiary/aromatic N) is 3. The fourth-order valence-corrected chi connectivity index (χ4v) is 2.74. The Kier molecular flexibility index (Phi) is 3.69. The number of carbonyl (C=O) groups is 1. The van der Waals surface area contributed by atoms with E-state index in [1.54, 1.807) is 6.33 Å². The van der Waals surface area contributed by atoms with Gasteiger partial charge in [0.2, 0.25) is 0 Å². The lowest BCUT2D eigenvalue weighted by atomic mass is 10.1. The van der Waals surface area contributed by atoms with Crippen LogP contribution >= 0.6 is 0 Å². The predicted molar refractivity (Wildman–Crippen MR) is 78.7 cm³/mol. The first kappa shape index (κ1) is 13.1. The van der Waals surface area contributed by atoms with Crippen LogP contribution in [-0.2, 0) is 0 Å². The Morgan fingerprint density at radius 3 is 2.85 bits per heavy atom. The smallest absolute Gasteiger partial charge is 0.254 e. The number of H-pyrrole nitrogens is 1. The van der Waals surface area contributed by atoms with Gasteiger partial charge in [-0.25, -0.2) is 4.98 Å². The summed E-state index contributed by atoms with van der Waals surface area (Å²) in [5.74, 6) is 0.123. The Morgan fingerprint density at radius 2 is 2.10 bits per heavy atom. The third-order valence-electron chi connectivity index (χ3n) is 3.87. The molecule has 1 N–H and O–H groups in total. The Bertz CT molecular complexity index is 599. The first-order chi connectivity index (χ1) is 9.78. The highest BCUT2D eigenvalue weighted by Crippen LogP contribution is 2.14. The Labute approximate surface area is 118 Å². The summed E-state index contributed by atoms with van der Waals surface area (Å²) in [6.07, 6.45) is 2.83. The fraction of sp³-hybridized carbons (Fsp3) is 0.467. The number of carbonyl (C=O) groups excluding carboxylic acids is 1. The molecule has 0 radical (unpaired) electrons. The van der Waals surface area contributed by atoms with Crippen molar-refractivity contribution in [1.29, 1.82) is 0 Å². The zero-order chi connectivity index (χ0) is 13.9. The number of hydrogen-bond acceptors (Lipinski definition) is 3. The number of benzene rings is 1. The number of hydrogen-bond donors (Lipinski definition) is 1. The van der Waals surface area contributed by atoms with Crippen LogP contribution < -0.4 is 0 Å². The molecule has 1 aromatic heterocycles. The molecule has 1 aliphatic heterocycles. The number of fused-ring (bicyclic) bond motifs is 1. The van der Waals surface area contributed by atoms with Gasteiger partial charge >= 0.3 is 0 Å². The average molecular weight is 272 g/mol. The fourth-order valence-electron chi connectivity index (χ4n) is 2.74. The zero-order valence-electron chi connectivity index (χ0n) is 11.8. The van der Waals surface area contributed by atoms with Crippen LogP contribution in [-0.4, -0.2) is 58.4 Å². The first-order valence-corrected chi connectivity index (χ1v) is 7.22. The van der Waals surface area contributed by atoms with Gasteiger partial charge in [0.15, 0.2) is 0 Å². The Morgan fingerprint density at radius 1 is 1.30 bits per heavy atom. The molecule has 2 heterocycles. The van der Waals surface area contributed by atoms with Crippen molar-refractivity contribution in [1.82, 2.24) is 19.8 Å². The van der Waals surface area contributed by atoms with Crippen LogP contribution in [0, 0.1) is 0 Å². The molecule has 3 rings (SSSR count). The van der Waals surface area contributed by atoms with Crippen molar-refractivity contribution in [3.8, 4) is 0 Å². The highest BCUT2D eigenvalue weighted by Gasteiger charge is 2.21. The predicted octanol–water partition coefficient (Wildman–Crippen LogP) is 1.73. The van der Waals surface area contributed by atoms with Crippen molar-refractivity contribution in [2.45, 2.75) is 13.3 Å². The summed E-state index contributed by atoms with van der Waals surface area (Å²) in [6.45, 7) is 6.91. The maximum Gasteiger partial charge on any atom is 0.254 e. The normalized spacial score (nSPS) is 16.8. The second kappa shape index (κ2) is 5.63. The number of aromatic nitrogens is 2. The van der Waals surface area contributed by atoms with E-state index in [1.165, 1.54) is 6.42 Å². The van der Waals surface area contributed by atoms with Crippen molar-refractivity contribution in [3.63, 3.8) is 0 Å². The second-order valence-electron chi connectivity index (χ2n) is 5.27. The first-order valence-electron chi connectivity index (χ1n) is 7.22. The topological polar surface area (TPSA) is 52.2 Å². The standard InChI is InChI=1S/C15H20N4O/c1-2-5-18-6-8-19(9-7-18)15(20)12-3-4-13-14(10-12)17-11-16-13/h3-4,10-11H,2,5-9H2,1H3,(H,16,17). The van der Waals surface area contributed by atoms with E-state index in [2.05, 4.69) is 21.8 Å². The molecular weight excluding hydrogens is 252 g/mol. The number of imidazole rings is 1. The third kappa shape index (κ3) is 2.54. The number of rotatable bonds is 3. The molecule has 0 aliphatic carbocycles. The van der Waals surface area contributed by atoms with Gasteiger partial charge in [-0.05, 0) is 31.2 Å². The lowest BCUT2D eigenvalue weighted by molar-refractivity contribution is 0.0637. The highest BCUT2D eigenvalue weighted by atomic mass is 16.2. The monoisotopic (exact) mass is 272 g/mol. The molecule has 5 heteroatoms. The maximum absolute atomic E-state index is 12.5. The summed E-state index contributed by atoms with van der Waals surface area (Å²) in [7, 11) is 0. The van der Waals surface area contributed by atoms with E-state index in [0.29, 0.717) is 0 Å². The van der Waals surface area contributed by atoms with Gasteiger partial charge in [0.1, 0.15) is 0 Å². The molecule has 0 bridgehead atoms. The zero-order valence-corrected chi connectivity index (χ0v) is 11.8. The van der Waals surface area contributed by atoms with E-state index in [1.807, 2.05) is 23.1 Å². The van der Waals surface area contributed by atoms with Gasteiger partial charge in [-0.1, -0.05) is 6.92 Å². The van der Waals surface area contributed by atoms with E-state index < -0.39 is 0 Å². The summed E-state index contributed by atoms with van der Waals surface area (Å²) in [6, 6.07) is 5.65. The summed E-state index contributed by atoms with van der Waals surface area (Å²) in [4.78, 5) is 24.1. The molecule has 1 aromatic carbocycles. The lowest BCUT2D eigenvalue weighted by Crippen LogP contribution is -2.48. The van der Waals surface area contributed by atoms with Gasteiger partial charge in [-0.3, -0.25) is 9.69 Å². The van der Waals surface area contributed by atoms with Gasteiger partial charge in [0, 0.05) is 31.7 Å². The highest BCUT2D eigenvalue weighted by molar-refractivity contribution is 5.97. The van der Waals surface area contributed by atoms with E-state index in [4.69, 9.17) is 0 Å². The summed E-state index contributed by atoms with van der Waals surface area (Å²) in [5.41, 5.74) is 2.56. The van der Waals surface area contributed by atoms with Crippen molar-refractivity contribution in [2.75, 3.05) is 32.7 Å². The summed E-state index contributed by atoms with van der Waals surface area (Å²) >= 11 is 0. The molecule has 0 atom stereocenters. The largest absolute Gasteiger partial charge is 0.345 e. The number of amides is 1. The Hall–Kier alpha value is -1.88. The summed E-state index contributed by atoms with van der Waals surface area (Å²) in [5, 5.41) is 0. The van der Waals surface area contributed by atoms with E-state index in [0.717, 1.165) is 49.3 Å². The van der Waals surface area contributed by atoms with Crippen molar-refractivity contribution < 1.29 is 4.79 Å². The van der Waals surface area contributed by atoms with Crippen LogP contribution in [0.15, 0.2) is 24.5 Å². The van der Waals surface area contributed by atoms with Crippen LogP contribution in [0.3, 0.4) is 0 Å². The number of piperazine rings is 1. The third-order valence-corrected chi connectivity index (χ3v) is 3.87. The van der Waals surface area contributed by atoms with E-state index in [9.17, 15) is 4.79 Å². The summed E-state index contributed by atoms with van der Waals surface area (Å²) < 4.78 is 0. The second-order valence-corrected chi connectivity index (χ2v) is 5.27. The van der Waals surface area contributed by atoms with Crippen molar-refractivity contribution in [3.05, 3.63) is 30.1 Å². The molecule has 0 spiro atoms. The van der Waals surface area contributed by atoms with Crippen LogP contribution in [0.25, 0.3) is 11.0 Å². The van der Waals surface area contributed by atoms with Gasteiger partial charge < -0.3 is 9.88 Å². The van der Waals surface area contributed by atoms with Gasteiger partial charge in [0.25, 0.3) is 5.91 Å². The molecule has 5 nitrogen and oxygen atoms in total. The average Bonchev–Trinajstić information content (AvgIpc) is 2.95. The number of aromatic amines is 1. The number of nitrogens with one attached hydrogen (secondary N) is 1. The quantitative estimate of drug-likeness (QED) is 0.926. The molecule has 2 aromatic rings. The molecular formula is C15H20N4O. The van der Waals surface area contributed by atoms with Crippen molar-refractivity contribution in [2.24, 2.45) is 0 Å². The molecule has 20 heavy (non-hydrogen) atoms. The van der Waals surface area contributed by atoms with Crippen LogP contribution in [0.2, 0.25) is 0 Å². The van der Waals surface area contributed by atoms with Crippen molar-refractivity contribution >= 4 is 16.9 Å². The Balaban J connectivity index is 1.69. The van der Waals surface area contributed by atoms with Crippen LogP contribution in [0.5, 0.6) is 0 Å². The van der Waals surface area contributed by atoms with E-state index in [-0.39, 0.29) is 5.91 Å². The van der Waals surface area contributed by atoms with Crippen LogP contribution in [0.1, 0.15) is 23.7 Å². The molecule has 0 unspecified atom stereocenters. The van der Waals surface area contributed by atoms with Crippen LogP contribution in [0.4, 0.5) is 0 Å². The minimum atomic E-state index is 0.123. The maximum atomic E-state index is 12.5. The molecule has 1 saturated heterocycles. The van der Waals surface area contributed by atoms with Gasteiger partial charge in [-0.15, -0.1) is 0 Å². The minimum absolute atomic E-state index is 0.123. The van der Waals surface area contributed by atoms with Gasteiger partial charge in [-0.2, -0.15) is 0 Å². The minimum Gasteiger partial charge on any atom is -0.345 e. The molecule has 1 aliphatic rings. The molecule has 1 fully saturated rings. The molecule has 0 saturated carbocycles. The lowest BCUT2D eigenvalue weighted by Gasteiger charge is -2.34. The SMILES string of the molecule is CCCN1CCN(C(=O)c2ccc3nc[nH]c3c2)CC1. The molecule has 106 valence electrons. The molecule has 1 amide bonds. The van der Waals surface area contributed by atoms with Gasteiger partial charge in [0.05, 0.1) is 17.4 Å². The van der Waals surface area contributed by atoms with E-state index >= 15 is 0 Å².